The number of pyridine rings is 1. The zero-order valence-electron chi connectivity index (χ0n) is 12.3. The standard InChI is InChI=1S/C16H18N4O2/c1-3-11-20(12-4-2)15(21)6-5-14-18-16(19-22-14)13-7-9-17-10-8-13/h3-4,7-10H,1-2,5-6,11-12H2. The molecule has 6 nitrogen and oxygen atoms in total. The smallest absolute Gasteiger partial charge is 0.227 e. The Hall–Kier alpha value is -2.76. The largest absolute Gasteiger partial charge is 0.339 e. The van der Waals surface area contributed by atoms with Gasteiger partial charge >= 0.3 is 0 Å². The molecule has 114 valence electrons. The van der Waals surface area contributed by atoms with Gasteiger partial charge in [0.1, 0.15) is 0 Å². The fourth-order valence-corrected chi connectivity index (χ4v) is 1.94. The van der Waals surface area contributed by atoms with Crippen LogP contribution in [0.2, 0.25) is 0 Å². The molecule has 2 rings (SSSR count). The van der Waals surface area contributed by atoms with Crippen LogP contribution in [0.25, 0.3) is 11.4 Å². The average molecular weight is 298 g/mol. The number of rotatable bonds is 8. The van der Waals surface area contributed by atoms with E-state index in [9.17, 15) is 4.79 Å². The molecule has 0 atom stereocenters. The topological polar surface area (TPSA) is 72.1 Å². The highest BCUT2D eigenvalue weighted by atomic mass is 16.5. The molecule has 0 N–H and O–H groups in total. The molecule has 0 saturated carbocycles. The lowest BCUT2D eigenvalue weighted by Gasteiger charge is -2.18. The van der Waals surface area contributed by atoms with Crippen molar-refractivity contribution < 1.29 is 9.32 Å². The SMILES string of the molecule is C=CCN(CC=C)C(=O)CCc1nc(-c2ccncc2)no1. The summed E-state index contributed by atoms with van der Waals surface area (Å²) in [6, 6.07) is 3.60. The van der Waals surface area contributed by atoms with Crippen LogP contribution in [0.4, 0.5) is 0 Å². The zero-order chi connectivity index (χ0) is 15.8. The Bertz CT molecular complexity index is 627. The van der Waals surface area contributed by atoms with Crippen molar-refractivity contribution in [2.45, 2.75) is 12.8 Å². The van der Waals surface area contributed by atoms with Crippen LogP contribution < -0.4 is 0 Å². The number of aryl methyl sites for hydroxylation is 1. The van der Waals surface area contributed by atoms with Crippen molar-refractivity contribution in [2.24, 2.45) is 0 Å². The first-order valence-electron chi connectivity index (χ1n) is 6.97. The Kier molecular flexibility index (Phi) is 5.59. The van der Waals surface area contributed by atoms with Crippen LogP contribution in [0.1, 0.15) is 12.3 Å². The molecule has 0 spiro atoms. The third-order valence-electron chi connectivity index (χ3n) is 3.01. The lowest BCUT2D eigenvalue weighted by molar-refractivity contribution is -0.130. The van der Waals surface area contributed by atoms with Crippen LogP contribution in [-0.2, 0) is 11.2 Å². The lowest BCUT2D eigenvalue weighted by Crippen LogP contribution is -2.31. The van der Waals surface area contributed by atoms with Gasteiger partial charge in [0.2, 0.25) is 17.6 Å². The maximum atomic E-state index is 12.1. The maximum Gasteiger partial charge on any atom is 0.227 e. The Morgan fingerprint density at radius 1 is 1.23 bits per heavy atom. The van der Waals surface area contributed by atoms with Crippen molar-refractivity contribution >= 4 is 5.91 Å². The van der Waals surface area contributed by atoms with E-state index in [1.54, 1.807) is 41.6 Å². The Morgan fingerprint density at radius 3 is 2.55 bits per heavy atom. The zero-order valence-corrected chi connectivity index (χ0v) is 12.3. The van der Waals surface area contributed by atoms with Crippen LogP contribution in [0, 0.1) is 0 Å². The fraction of sp³-hybridized carbons (Fsp3) is 0.250. The van der Waals surface area contributed by atoms with E-state index in [4.69, 9.17) is 4.52 Å². The summed E-state index contributed by atoms with van der Waals surface area (Å²) < 4.78 is 5.18. The molecule has 0 saturated heterocycles. The molecule has 0 aromatic carbocycles. The molecule has 2 aromatic rings. The molecule has 0 fully saturated rings. The van der Waals surface area contributed by atoms with Crippen molar-refractivity contribution in [1.29, 1.82) is 0 Å². The number of hydrogen-bond acceptors (Lipinski definition) is 5. The summed E-state index contributed by atoms with van der Waals surface area (Å²) in [4.78, 5) is 22.0. The summed E-state index contributed by atoms with van der Waals surface area (Å²) in [5, 5.41) is 3.91. The van der Waals surface area contributed by atoms with Crippen molar-refractivity contribution in [3.05, 3.63) is 55.7 Å². The maximum absolute atomic E-state index is 12.1. The molecule has 0 bridgehead atoms. The van der Waals surface area contributed by atoms with Gasteiger partial charge in [-0.1, -0.05) is 17.3 Å². The summed E-state index contributed by atoms with van der Waals surface area (Å²) in [5.74, 6) is 0.944. The quantitative estimate of drug-likeness (QED) is 0.699. The number of hydrogen-bond donors (Lipinski definition) is 0. The second kappa shape index (κ2) is 7.87. The first-order valence-corrected chi connectivity index (χ1v) is 6.97. The van der Waals surface area contributed by atoms with Crippen LogP contribution >= 0.6 is 0 Å². The molecular formula is C16H18N4O2. The van der Waals surface area contributed by atoms with Gasteiger partial charge in [-0.2, -0.15) is 4.98 Å². The molecule has 2 heterocycles. The molecule has 0 aliphatic heterocycles. The van der Waals surface area contributed by atoms with E-state index in [1.165, 1.54) is 0 Å². The van der Waals surface area contributed by atoms with E-state index in [-0.39, 0.29) is 5.91 Å². The van der Waals surface area contributed by atoms with Gasteiger partial charge in [0.15, 0.2) is 0 Å². The summed E-state index contributed by atoms with van der Waals surface area (Å²) in [5.41, 5.74) is 0.830. The van der Waals surface area contributed by atoms with Gasteiger partial charge < -0.3 is 9.42 Å². The van der Waals surface area contributed by atoms with Crippen LogP contribution in [0.15, 0.2) is 54.4 Å². The third kappa shape index (κ3) is 4.12. The Labute approximate surface area is 129 Å². The van der Waals surface area contributed by atoms with Gasteiger partial charge in [0.05, 0.1) is 0 Å². The molecule has 0 aliphatic carbocycles. The second-order valence-corrected chi connectivity index (χ2v) is 4.62. The first-order chi connectivity index (χ1) is 10.7. The lowest BCUT2D eigenvalue weighted by atomic mass is 10.2. The van der Waals surface area contributed by atoms with E-state index < -0.39 is 0 Å². The van der Waals surface area contributed by atoms with Crippen LogP contribution in [0.5, 0.6) is 0 Å². The van der Waals surface area contributed by atoms with E-state index >= 15 is 0 Å². The minimum absolute atomic E-state index is 0.00320. The Balaban J connectivity index is 1.94. The number of aromatic nitrogens is 3. The Morgan fingerprint density at radius 2 is 1.91 bits per heavy atom. The molecule has 0 aliphatic rings. The molecule has 6 heteroatoms. The summed E-state index contributed by atoms with van der Waals surface area (Å²) >= 11 is 0. The highest BCUT2D eigenvalue weighted by Gasteiger charge is 2.14. The summed E-state index contributed by atoms with van der Waals surface area (Å²) in [6.07, 6.45) is 7.42. The van der Waals surface area contributed by atoms with E-state index in [1.807, 2.05) is 0 Å². The highest BCUT2D eigenvalue weighted by molar-refractivity contribution is 5.76. The number of nitrogens with zero attached hydrogens (tertiary/aromatic N) is 4. The monoisotopic (exact) mass is 298 g/mol. The molecule has 2 aromatic heterocycles. The molecule has 1 amide bonds. The van der Waals surface area contributed by atoms with Gasteiger partial charge in [0.25, 0.3) is 0 Å². The molecule has 22 heavy (non-hydrogen) atoms. The van der Waals surface area contributed by atoms with E-state index in [2.05, 4.69) is 28.3 Å². The highest BCUT2D eigenvalue weighted by Crippen LogP contribution is 2.14. The minimum atomic E-state index is 0.00320. The van der Waals surface area contributed by atoms with E-state index in [0.29, 0.717) is 37.6 Å². The van der Waals surface area contributed by atoms with Gasteiger partial charge in [-0.15, -0.1) is 13.2 Å². The molecular weight excluding hydrogens is 280 g/mol. The summed E-state index contributed by atoms with van der Waals surface area (Å²) in [7, 11) is 0. The normalized spacial score (nSPS) is 10.2. The predicted molar refractivity (Wildman–Crippen MR) is 82.8 cm³/mol. The first kappa shape index (κ1) is 15.6. The number of amides is 1. The van der Waals surface area contributed by atoms with Gasteiger partial charge in [-0.3, -0.25) is 9.78 Å². The van der Waals surface area contributed by atoms with Crippen molar-refractivity contribution in [3.63, 3.8) is 0 Å². The number of carbonyl (C=O) groups is 1. The average Bonchev–Trinajstić information content (AvgIpc) is 3.02. The number of carbonyl (C=O) groups excluding carboxylic acids is 1. The molecule has 0 radical (unpaired) electrons. The summed E-state index contributed by atoms with van der Waals surface area (Å²) in [6.45, 7) is 8.29. The van der Waals surface area contributed by atoms with Crippen molar-refractivity contribution in [2.75, 3.05) is 13.1 Å². The van der Waals surface area contributed by atoms with Gasteiger partial charge in [-0.05, 0) is 12.1 Å². The van der Waals surface area contributed by atoms with Crippen LogP contribution in [-0.4, -0.2) is 39.0 Å². The van der Waals surface area contributed by atoms with E-state index in [0.717, 1.165) is 5.56 Å². The van der Waals surface area contributed by atoms with Crippen molar-refractivity contribution in [3.8, 4) is 11.4 Å². The van der Waals surface area contributed by atoms with Crippen LogP contribution in [0.3, 0.4) is 0 Å². The van der Waals surface area contributed by atoms with Gasteiger partial charge in [0, 0.05) is 43.9 Å². The fourth-order valence-electron chi connectivity index (χ4n) is 1.94. The second-order valence-electron chi connectivity index (χ2n) is 4.62. The van der Waals surface area contributed by atoms with Gasteiger partial charge in [-0.25, -0.2) is 0 Å². The van der Waals surface area contributed by atoms with Crippen molar-refractivity contribution in [1.82, 2.24) is 20.0 Å². The third-order valence-corrected chi connectivity index (χ3v) is 3.01. The minimum Gasteiger partial charge on any atom is -0.339 e. The predicted octanol–water partition coefficient (Wildman–Crippen LogP) is 2.26. The molecule has 0 unspecified atom stereocenters.